The predicted molar refractivity (Wildman–Crippen MR) is 92.5 cm³/mol. The van der Waals surface area contributed by atoms with Crippen LogP contribution in [0.3, 0.4) is 0 Å². The highest BCUT2D eigenvalue weighted by Crippen LogP contribution is 2.22. The SMILES string of the molecule is CCOc1ccc(S(=O)(=O)NCCC(O)c2cccn2C)cc1C. The van der Waals surface area contributed by atoms with E-state index in [0.717, 1.165) is 11.3 Å². The Balaban J connectivity index is 1.98. The van der Waals surface area contributed by atoms with Crippen molar-refractivity contribution >= 4 is 10.0 Å². The van der Waals surface area contributed by atoms with Crippen LogP contribution in [-0.4, -0.2) is 31.2 Å². The smallest absolute Gasteiger partial charge is 0.240 e. The third-order valence-electron chi connectivity index (χ3n) is 3.79. The molecule has 0 spiro atoms. The molecule has 0 radical (unpaired) electrons. The zero-order valence-electron chi connectivity index (χ0n) is 14.2. The highest BCUT2D eigenvalue weighted by atomic mass is 32.2. The topological polar surface area (TPSA) is 80.6 Å². The van der Waals surface area contributed by atoms with Gasteiger partial charge in [0.2, 0.25) is 10.0 Å². The lowest BCUT2D eigenvalue weighted by atomic mass is 10.2. The number of aliphatic hydroxyl groups excluding tert-OH is 1. The Hall–Kier alpha value is -1.83. The van der Waals surface area contributed by atoms with Gasteiger partial charge in [-0.05, 0) is 56.2 Å². The molecule has 24 heavy (non-hydrogen) atoms. The monoisotopic (exact) mass is 352 g/mol. The molecule has 6 nitrogen and oxygen atoms in total. The van der Waals surface area contributed by atoms with Gasteiger partial charge < -0.3 is 14.4 Å². The first-order chi connectivity index (χ1) is 11.3. The molecule has 0 fully saturated rings. The van der Waals surface area contributed by atoms with E-state index in [0.29, 0.717) is 18.8 Å². The molecule has 0 amide bonds. The van der Waals surface area contributed by atoms with Gasteiger partial charge in [-0.2, -0.15) is 0 Å². The summed E-state index contributed by atoms with van der Waals surface area (Å²) in [5.74, 6) is 0.676. The van der Waals surface area contributed by atoms with Crippen LogP contribution in [-0.2, 0) is 17.1 Å². The molecule has 0 aliphatic carbocycles. The van der Waals surface area contributed by atoms with Crippen LogP contribution in [0.25, 0.3) is 0 Å². The molecule has 0 bridgehead atoms. The summed E-state index contributed by atoms with van der Waals surface area (Å²) in [6.07, 6.45) is 1.42. The average molecular weight is 352 g/mol. The van der Waals surface area contributed by atoms with Gasteiger partial charge in [-0.25, -0.2) is 13.1 Å². The normalized spacial score (nSPS) is 13.0. The third kappa shape index (κ3) is 4.37. The van der Waals surface area contributed by atoms with E-state index < -0.39 is 16.1 Å². The number of nitrogens with zero attached hydrogens (tertiary/aromatic N) is 1. The van der Waals surface area contributed by atoms with Gasteiger partial charge in [0.1, 0.15) is 5.75 Å². The van der Waals surface area contributed by atoms with E-state index in [4.69, 9.17) is 4.74 Å². The largest absolute Gasteiger partial charge is 0.494 e. The quantitative estimate of drug-likeness (QED) is 0.763. The average Bonchev–Trinajstić information content (AvgIpc) is 2.95. The lowest BCUT2D eigenvalue weighted by Crippen LogP contribution is -2.26. The van der Waals surface area contributed by atoms with Crippen molar-refractivity contribution in [1.29, 1.82) is 0 Å². The second-order valence-corrected chi connectivity index (χ2v) is 7.37. The van der Waals surface area contributed by atoms with Crippen LogP contribution in [0.1, 0.15) is 30.7 Å². The van der Waals surface area contributed by atoms with Crippen molar-refractivity contribution in [3.8, 4) is 5.75 Å². The van der Waals surface area contributed by atoms with Crippen molar-refractivity contribution in [2.45, 2.75) is 31.3 Å². The minimum atomic E-state index is -3.61. The molecule has 0 saturated carbocycles. The minimum Gasteiger partial charge on any atom is -0.494 e. The van der Waals surface area contributed by atoms with Crippen molar-refractivity contribution in [3.63, 3.8) is 0 Å². The Morgan fingerprint density at radius 3 is 2.67 bits per heavy atom. The van der Waals surface area contributed by atoms with E-state index in [-0.39, 0.29) is 11.4 Å². The molecular formula is C17H24N2O4S. The van der Waals surface area contributed by atoms with Crippen molar-refractivity contribution in [1.82, 2.24) is 9.29 Å². The molecule has 7 heteroatoms. The van der Waals surface area contributed by atoms with Crippen LogP contribution in [0.15, 0.2) is 41.4 Å². The number of ether oxygens (including phenoxy) is 1. The van der Waals surface area contributed by atoms with Gasteiger partial charge in [0.05, 0.1) is 17.6 Å². The summed E-state index contributed by atoms with van der Waals surface area (Å²) in [5, 5.41) is 10.1. The summed E-state index contributed by atoms with van der Waals surface area (Å²) < 4.78 is 34.5. The van der Waals surface area contributed by atoms with Crippen LogP contribution in [0.2, 0.25) is 0 Å². The highest BCUT2D eigenvalue weighted by molar-refractivity contribution is 7.89. The molecule has 1 aromatic carbocycles. The summed E-state index contributed by atoms with van der Waals surface area (Å²) >= 11 is 0. The van der Waals surface area contributed by atoms with Crippen LogP contribution in [0.5, 0.6) is 5.75 Å². The summed E-state index contributed by atoms with van der Waals surface area (Å²) in [6.45, 7) is 4.37. The summed E-state index contributed by atoms with van der Waals surface area (Å²) in [7, 11) is -1.77. The number of hydrogen-bond acceptors (Lipinski definition) is 4. The number of sulfonamides is 1. The summed E-state index contributed by atoms with van der Waals surface area (Å²) in [5.41, 5.74) is 1.52. The summed E-state index contributed by atoms with van der Waals surface area (Å²) in [6, 6.07) is 8.42. The molecule has 0 saturated heterocycles. The number of aryl methyl sites for hydroxylation is 2. The van der Waals surface area contributed by atoms with Gasteiger partial charge in [-0.1, -0.05) is 0 Å². The molecule has 2 aromatic rings. The Morgan fingerprint density at radius 2 is 2.08 bits per heavy atom. The van der Waals surface area contributed by atoms with Crippen LogP contribution in [0.4, 0.5) is 0 Å². The number of rotatable bonds is 8. The van der Waals surface area contributed by atoms with Gasteiger partial charge in [-0.3, -0.25) is 0 Å². The predicted octanol–water partition coefficient (Wildman–Crippen LogP) is 2.13. The Morgan fingerprint density at radius 1 is 1.33 bits per heavy atom. The molecule has 0 aliphatic heterocycles. The zero-order valence-corrected chi connectivity index (χ0v) is 15.0. The molecule has 2 N–H and O–H groups in total. The Labute approximate surface area is 143 Å². The van der Waals surface area contributed by atoms with Crippen LogP contribution < -0.4 is 9.46 Å². The van der Waals surface area contributed by atoms with Crippen molar-refractivity contribution in [2.75, 3.05) is 13.2 Å². The van der Waals surface area contributed by atoms with Crippen molar-refractivity contribution < 1.29 is 18.3 Å². The molecule has 0 aliphatic rings. The number of benzene rings is 1. The van der Waals surface area contributed by atoms with Crippen molar-refractivity contribution in [2.24, 2.45) is 7.05 Å². The first-order valence-corrected chi connectivity index (χ1v) is 9.36. The second-order valence-electron chi connectivity index (χ2n) is 5.61. The molecule has 1 atom stereocenters. The third-order valence-corrected chi connectivity index (χ3v) is 5.25. The van der Waals surface area contributed by atoms with Crippen LogP contribution in [0, 0.1) is 6.92 Å². The maximum absolute atomic E-state index is 12.3. The minimum absolute atomic E-state index is 0.154. The van der Waals surface area contributed by atoms with Crippen molar-refractivity contribution in [3.05, 3.63) is 47.8 Å². The molecule has 1 heterocycles. The highest BCUT2D eigenvalue weighted by Gasteiger charge is 2.17. The van der Waals surface area contributed by atoms with E-state index in [1.165, 1.54) is 6.07 Å². The fourth-order valence-electron chi connectivity index (χ4n) is 2.49. The fraction of sp³-hybridized carbons (Fsp3) is 0.412. The van der Waals surface area contributed by atoms with Gasteiger partial charge in [0.25, 0.3) is 0 Å². The zero-order chi connectivity index (χ0) is 17.7. The van der Waals surface area contributed by atoms with Gasteiger partial charge in [0.15, 0.2) is 0 Å². The standard InChI is InChI=1S/C17H24N2O4S/c1-4-23-17-8-7-14(12-13(17)2)24(21,22)18-10-9-16(20)15-6-5-11-19(15)3/h5-8,11-12,16,18,20H,4,9-10H2,1-3H3. The Kier molecular flexibility index (Phi) is 6.04. The fourth-order valence-corrected chi connectivity index (χ4v) is 3.62. The lowest BCUT2D eigenvalue weighted by Gasteiger charge is -2.13. The van der Waals surface area contributed by atoms with Crippen LogP contribution >= 0.6 is 0 Å². The summed E-state index contributed by atoms with van der Waals surface area (Å²) in [4.78, 5) is 0.191. The first-order valence-electron chi connectivity index (χ1n) is 7.87. The number of nitrogens with one attached hydrogen (secondary N) is 1. The number of aliphatic hydroxyl groups is 1. The molecular weight excluding hydrogens is 328 g/mol. The number of aromatic nitrogens is 1. The van der Waals surface area contributed by atoms with Gasteiger partial charge in [-0.15, -0.1) is 0 Å². The lowest BCUT2D eigenvalue weighted by molar-refractivity contribution is 0.161. The Bertz CT molecular complexity index is 784. The number of hydrogen-bond donors (Lipinski definition) is 2. The van der Waals surface area contributed by atoms with E-state index in [1.54, 1.807) is 12.1 Å². The van der Waals surface area contributed by atoms with E-state index in [2.05, 4.69) is 4.72 Å². The molecule has 2 rings (SSSR count). The van der Waals surface area contributed by atoms with E-state index >= 15 is 0 Å². The van der Waals surface area contributed by atoms with Gasteiger partial charge >= 0.3 is 0 Å². The first kappa shape index (κ1) is 18.5. The second kappa shape index (κ2) is 7.83. The maximum Gasteiger partial charge on any atom is 0.240 e. The molecule has 1 aromatic heterocycles. The molecule has 1 unspecified atom stereocenters. The maximum atomic E-state index is 12.3. The van der Waals surface area contributed by atoms with E-state index in [9.17, 15) is 13.5 Å². The van der Waals surface area contributed by atoms with Gasteiger partial charge in [0, 0.05) is 25.5 Å². The van der Waals surface area contributed by atoms with E-state index in [1.807, 2.05) is 43.8 Å². The molecule has 132 valence electrons.